The topological polar surface area (TPSA) is 81.6 Å². The fourth-order valence-electron chi connectivity index (χ4n) is 1.37. The minimum absolute atomic E-state index is 0.272. The maximum absolute atomic E-state index is 5.52. The highest BCUT2D eigenvalue weighted by Gasteiger charge is 2.02. The number of hydrogen-bond acceptors (Lipinski definition) is 5. The minimum atomic E-state index is 0.272. The van der Waals surface area contributed by atoms with Crippen LogP contribution in [0, 0.1) is 6.92 Å². The van der Waals surface area contributed by atoms with Crippen molar-refractivity contribution in [2.75, 3.05) is 11.1 Å². The highest BCUT2D eigenvalue weighted by atomic mass is 15.3. The average molecular weight is 218 g/mol. The molecule has 0 atom stereocenters. The lowest BCUT2D eigenvalue weighted by molar-refractivity contribution is 0.747. The number of nitrogens with one attached hydrogen (secondary N) is 1. The second-order valence-corrected chi connectivity index (χ2v) is 3.59. The van der Waals surface area contributed by atoms with Gasteiger partial charge in [-0.25, -0.2) is 4.98 Å². The number of nitrogens with zero attached hydrogens (tertiary/aromatic N) is 4. The maximum Gasteiger partial charge on any atom is 0.221 e. The zero-order chi connectivity index (χ0) is 11.5. The highest BCUT2D eigenvalue weighted by molar-refractivity contribution is 5.45. The molecule has 2 rings (SSSR count). The van der Waals surface area contributed by atoms with E-state index in [9.17, 15) is 0 Å². The molecule has 6 heteroatoms. The van der Waals surface area contributed by atoms with E-state index in [1.807, 2.05) is 26.2 Å². The number of hydrogen-bond donors (Lipinski definition) is 2. The lowest BCUT2D eigenvalue weighted by Crippen LogP contribution is -2.06. The van der Waals surface area contributed by atoms with Crippen molar-refractivity contribution in [3.8, 4) is 0 Å². The summed E-state index contributed by atoms with van der Waals surface area (Å²) in [5, 5.41) is 7.43. The molecule has 0 amide bonds. The highest BCUT2D eigenvalue weighted by Crippen LogP contribution is 2.11. The van der Waals surface area contributed by atoms with Crippen LogP contribution in [0.3, 0.4) is 0 Å². The SMILES string of the molecule is Cc1cnc(N)nc1NCc1ccn(C)n1. The summed E-state index contributed by atoms with van der Waals surface area (Å²) in [4.78, 5) is 8.02. The Morgan fingerprint density at radius 3 is 3.00 bits per heavy atom. The van der Waals surface area contributed by atoms with Crippen LogP contribution in [-0.2, 0) is 13.6 Å². The molecule has 0 bridgehead atoms. The first-order valence-electron chi connectivity index (χ1n) is 4.96. The van der Waals surface area contributed by atoms with Crippen molar-refractivity contribution in [2.24, 2.45) is 7.05 Å². The molecule has 0 spiro atoms. The predicted octanol–water partition coefficient (Wildman–Crippen LogP) is 0.713. The Bertz CT molecular complexity index is 490. The van der Waals surface area contributed by atoms with Crippen molar-refractivity contribution < 1.29 is 0 Å². The van der Waals surface area contributed by atoms with Gasteiger partial charge in [-0.2, -0.15) is 10.1 Å². The van der Waals surface area contributed by atoms with Gasteiger partial charge in [0.15, 0.2) is 0 Å². The predicted molar refractivity (Wildman–Crippen MR) is 61.7 cm³/mol. The third kappa shape index (κ3) is 2.28. The molecule has 0 aliphatic rings. The number of rotatable bonds is 3. The fourth-order valence-corrected chi connectivity index (χ4v) is 1.37. The van der Waals surface area contributed by atoms with E-state index < -0.39 is 0 Å². The fraction of sp³-hybridized carbons (Fsp3) is 0.300. The van der Waals surface area contributed by atoms with Crippen molar-refractivity contribution in [1.29, 1.82) is 0 Å². The summed E-state index contributed by atoms with van der Waals surface area (Å²) in [7, 11) is 1.89. The molecule has 16 heavy (non-hydrogen) atoms. The van der Waals surface area contributed by atoms with E-state index in [-0.39, 0.29) is 5.95 Å². The molecule has 0 radical (unpaired) electrons. The first kappa shape index (κ1) is 10.4. The first-order valence-corrected chi connectivity index (χ1v) is 4.96. The largest absolute Gasteiger partial charge is 0.368 e. The third-order valence-electron chi connectivity index (χ3n) is 2.20. The first-order chi connectivity index (χ1) is 7.65. The Labute approximate surface area is 93.5 Å². The van der Waals surface area contributed by atoms with Gasteiger partial charge in [-0.05, 0) is 13.0 Å². The number of anilines is 2. The van der Waals surface area contributed by atoms with Gasteiger partial charge in [0.1, 0.15) is 5.82 Å². The van der Waals surface area contributed by atoms with Gasteiger partial charge < -0.3 is 11.1 Å². The molecule has 3 N–H and O–H groups in total. The van der Waals surface area contributed by atoms with E-state index in [4.69, 9.17) is 5.73 Å². The standard InChI is InChI=1S/C10H14N6/c1-7-5-13-10(11)14-9(7)12-6-8-3-4-16(2)15-8/h3-5H,6H2,1-2H3,(H3,11,12,13,14). The van der Waals surface area contributed by atoms with E-state index in [0.29, 0.717) is 6.54 Å². The summed E-state index contributed by atoms with van der Waals surface area (Å²) in [5.41, 5.74) is 7.44. The van der Waals surface area contributed by atoms with Crippen LogP contribution in [0.15, 0.2) is 18.5 Å². The molecule has 0 saturated heterocycles. The molecule has 2 aromatic rings. The van der Waals surface area contributed by atoms with E-state index in [2.05, 4.69) is 20.4 Å². The number of aryl methyl sites for hydroxylation is 2. The summed E-state index contributed by atoms with van der Waals surface area (Å²) in [5.74, 6) is 1.02. The van der Waals surface area contributed by atoms with Crippen molar-refractivity contribution in [3.63, 3.8) is 0 Å². The van der Waals surface area contributed by atoms with Gasteiger partial charge in [0.2, 0.25) is 5.95 Å². The molecule has 2 heterocycles. The van der Waals surface area contributed by atoms with Crippen molar-refractivity contribution in [1.82, 2.24) is 19.7 Å². The molecule has 6 nitrogen and oxygen atoms in total. The second kappa shape index (κ2) is 4.18. The number of nitrogen functional groups attached to an aromatic ring is 1. The van der Waals surface area contributed by atoms with E-state index >= 15 is 0 Å². The molecule has 0 fully saturated rings. The molecule has 0 aromatic carbocycles. The van der Waals surface area contributed by atoms with Gasteiger partial charge in [0.05, 0.1) is 12.2 Å². The summed E-state index contributed by atoms with van der Waals surface area (Å²) in [6.07, 6.45) is 3.60. The van der Waals surface area contributed by atoms with Gasteiger partial charge in [0, 0.05) is 25.0 Å². The quantitative estimate of drug-likeness (QED) is 0.793. The Morgan fingerprint density at radius 1 is 1.50 bits per heavy atom. The maximum atomic E-state index is 5.52. The van der Waals surface area contributed by atoms with Crippen molar-refractivity contribution in [2.45, 2.75) is 13.5 Å². The van der Waals surface area contributed by atoms with Gasteiger partial charge in [-0.1, -0.05) is 0 Å². The molecule has 0 saturated carbocycles. The molecular formula is C10H14N6. The summed E-state index contributed by atoms with van der Waals surface area (Å²) < 4.78 is 1.76. The average Bonchev–Trinajstić information content (AvgIpc) is 2.66. The normalized spacial score (nSPS) is 10.4. The van der Waals surface area contributed by atoms with E-state index in [0.717, 1.165) is 17.1 Å². The van der Waals surface area contributed by atoms with Gasteiger partial charge in [0.25, 0.3) is 0 Å². The van der Waals surface area contributed by atoms with E-state index in [1.165, 1.54) is 0 Å². The Balaban J connectivity index is 2.07. The van der Waals surface area contributed by atoms with Gasteiger partial charge in [-0.15, -0.1) is 0 Å². The molecule has 0 aliphatic carbocycles. The molecule has 0 unspecified atom stereocenters. The Kier molecular flexibility index (Phi) is 2.72. The zero-order valence-electron chi connectivity index (χ0n) is 9.31. The van der Waals surface area contributed by atoms with Crippen molar-refractivity contribution >= 4 is 11.8 Å². The summed E-state index contributed by atoms with van der Waals surface area (Å²) >= 11 is 0. The molecule has 2 aromatic heterocycles. The van der Waals surface area contributed by atoms with Gasteiger partial charge in [-0.3, -0.25) is 4.68 Å². The van der Waals surface area contributed by atoms with Crippen LogP contribution in [0.5, 0.6) is 0 Å². The molecular weight excluding hydrogens is 204 g/mol. The molecule has 84 valence electrons. The summed E-state index contributed by atoms with van der Waals surface area (Å²) in [6, 6.07) is 1.95. The van der Waals surface area contributed by atoms with Crippen LogP contribution < -0.4 is 11.1 Å². The second-order valence-electron chi connectivity index (χ2n) is 3.59. The lowest BCUT2D eigenvalue weighted by Gasteiger charge is -2.06. The smallest absolute Gasteiger partial charge is 0.221 e. The molecule has 0 aliphatic heterocycles. The van der Waals surface area contributed by atoms with Crippen LogP contribution in [0.25, 0.3) is 0 Å². The Morgan fingerprint density at radius 2 is 2.31 bits per heavy atom. The number of aromatic nitrogens is 4. The van der Waals surface area contributed by atoms with Gasteiger partial charge >= 0.3 is 0 Å². The zero-order valence-corrected chi connectivity index (χ0v) is 9.31. The number of nitrogens with two attached hydrogens (primary N) is 1. The monoisotopic (exact) mass is 218 g/mol. The minimum Gasteiger partial charge on any atom is -0.368 e. The van der Waals surface area contributed by atoms with Crippen LogP contribution in [-0.4, -0.2) is 19.7 Å². The third-order valence-corrected chi connectivity index (χ3v) is 2.20. The van der Waals surface area contributed by atoms with Crippen LogP contribution in [0.1, 0.15) is 11.3 Å². The lowest BCUT2D eigenvalue weighted by atomic mass is 10.3. The van der Waals surface area contributed by atoms with Crippen molar-refractivity contribution in [3.05, 3.63) is 29.7 Å². The van der Waals surface area contributed by atoms with Crippen LogP contribution in [0.4, 0.5) is 11.8 Å². The van der Waals surface area contributed by atoms with E-state index in [1.54, 1.807) is 10.9 Å². The van der Waals surface area contributed by atoms with Crippen LogP contribution in [0.2, 0.25) is 0 Å². The summed E-state index contributed by atoms with van der Waals surface area (Å²) in [6.45, 7) is 2.55. The Hall–Kier alpha value is -2.11. The van der Waals surface area contributed by atoms with Crippen LogP contribution >= 0.6 is 0 Å².